The number of carbonyl (C=O) groups excluding carboxylic acids is 1. The van der Waals surface area contributed by atoms with Crippen molar-refractivity contribution in [2.24, 2.45) is 5.92 Å². The van der Waals surface area contributed by atoms with E-state index >= 15 is 0 Å². The molecule has 1 saturated heterocycles. The molecule has 1 aromatic heterocycles. The number of hydrogen-bond donors (Lipinski definition) is 1. The molecule has 0 saturated carbocycles. The molecular formula is C20H24N4O2S. The lowest BCUT2D eigenvalue weighted by Gasteiger charge is -2.33. The molecule has 6 nitrogen and oxygen atoms in total. The van der Waals surface area contributed by atoms with Gasteiger partial charge in [0.15, 0.2) is 5.16 Å². The van der Waals surface area contributed by atoms with Crippen LogP contribution in [0.1, 0.15) is 18.4 Å². The van der Waals surface area contributed by atoms with Gasteiger partial charge in [-0.1, -0.05) is 42.1 Å². The summed E-state index contributed by atoms with van der Waals surface area (Å²) in [5.74, 6) is 0.562. The van der Waals surface area contributed by atoms with Gasteiger partial charge >= 0.3 is 0 Å². The number of carbonyl (C=O) groups is 1. The molecule has 1 atom stereocenters. The zero-order chi connectivity index (χ0) is 18.6. The topological polar surface area (TPSA) is 67.2 Å². The molecule has 4 rings (SSSR count). The molecule has 1 N–H and O–H groups in total. The predicted octanol–water partition coefficient (Wildman–Crippen LogP) is 1.75. The highest BCUT2D eigenvalue weighted by molar-refractivity contribution is 7.99. The maximum atomic E-state index is 12.7. The Kier molecular flexibility index (Phi) is 5.59. The summed E-state index contributed by atoms with van der Waals surface area (Å²) in [6, 6.07) is 12.2. The maximum Gasteiger partial charge on any atom is 0.254 e. The zero-order valence-corrected chi connectivity index (χ0v) is 16.0. The molecule has 1 aromatic carbocycles. The number of thioether (sulfide) groups is 1. The Bertz CT molecular complexity index is 847. The van der Waals surface area contributed by atoms with Gasteiger partial charge in [-0.05, 0) is 18.4 Å². The second-order valence-electron chi connectivity index (χ2n) is 7.23. The molecule has 0 spiro atoms. The molecule has 0 bridgehead atoms. The summed E-state index contributed by atoms with van der Waals surface area (Å²) in [6.07, 6.45) is 3.47. The molecule has 3 heterocycles. The molecule has 7 heteroatoms. The normalized spacial score (nSPS) is 20.8. The van der Waals surface area contributed by atoms with Crippen molar-refractivity contribution < 1.29 is 4.79 Å². The van der Waals surface area contributed by atoms with Gasteiger partial charge in [-0.3, -0.25) is 19.1 Å². The number of piperidine rings is 1. The third kappa shape index (κ3) is 4.42. The number of rotatable bonds is 4. The van der Waals surface area contributed by atoms with E-state index in [2.05, 4.69) is 39.5 Å². The minimum atomic E-state index is -0.174. The fourth-order valence-corrected chi connectivity index (χ4v) is 4.77. The van der Waals surface area contributed by atoms with Crippen LogP contribution in [0.5, 0.6) is 0 Å². The Labute approximate surface area is 163 Å². The number of nitrogens with one attached hydrogen (secondary N) is 1. The van der Waals surface area contributed by atoms with Crippen molar-refractivity contribution in [1.82, 2.24) is 19.8 Å². The standard InChI is InChI=1S/C20H24N4O2S/c25-18-6-9-21-20-24(18)13-16(14-27-20)19(26)22-17-7-10-23(11-8-17)12-15-4-2-1-3-5-15/h1-6,9,16-17H,7-8,10-14H2,(H,22,26)/t16-/m1/s1. The Hall–Kier alpha value is -2.12. The average Bonchev–Trinajstić information content (AvgIpc) is 2.70. The van der Waals surface area contributed by atoms with Crippen LogP contribution < -0.4 is 10.9 Å². The zero-order valence-electron chi connectivity index (χ0n) is 15.2. The third-order valence-electron chi connectivity index (χ3n) is 5.27. The number of nitrogens with zero attached hydrogens (tertiary/aromatic N) is 3. The summed E-state index contributed by atoms with van der Waals surface area (Å²) in [7, 11) is 0. The number of aromatic nitrogens is 2. The summed E-state index contributed by atoms with van der Waals surface area (Å²) in [5.41, 5.74) is 1.25. The first-order valence-electron chi connectivity index (χ1n) is 9.44. The number of benzene rings is 1. The molecule has 0 aliphatic carbocycles. The van der Waals surface area contributed by atoms with Crippen LogP contribution in [0.3, 0.4) is 0 Å². The molecule has 0 radical (unpaired) electrons. The van der Waals surface area contributed by atoms with Crippen LogP contribution in [-0.2, 0) is 17.9 Å². The Morgan fingerprint density at radius 1 is 1.19 bits per heavy atom. The predicted molar refractivity (Wildman–Crippen MR) is 106 cm³/mol. The van der Waals surface area contributed by atoms with E-state index < -0.39 is 0 Å². The van der Waals surface area contributed by atoms with Crippen LogP contribution in [0, 0.1) is 5.92 Å². The molecule has 0 unspecified atom stereocenters. The summed E-state index contributed by atoms with van der Waals surface area (Å²) < 4.78 is 1.61. The lowest BCUT2D eigenvalue weighted by molar-refractivity contribution is -0.125. The van der Waals surface area contributed by atoms with Crippen molar-refractivity contribution >= 4 is 17.7 Å². The van der Waals surface area contributed by atoms with Crippen molar-refractivity contribution in [3.63, 3.8) is 0 Å². The Morgan fingerprint density at radius 2 is 1.96 bits per heavy atom. The van der Waals surface area contributed by atoms with Crippen molar-refractivity contribution in [2.75, 3.05) is 18.8 Å². The third-order valence-corrected chi connectivity index (χ3v) is 6.42. The highest BCUT2D eigenvalue weighted by Gasteiger charge is 2.29. The summed E-state index contributed by atoms with van der Waals surface area (Å²) >= 11 is 1.49. The van der Waals surface area contributed by atoms with Gasteiger partial charge in [0.2, 0.25) is 5.91 Å². The number of fused-ring (bicyclic) bond motifs is 1. The van der Waals surface area contributed by atoms with E-state index in [0.29, 0.717) is 17.5 Å². The van der Waals surface area contributed by atoms with E-state index in [1.54, 1.807) is 4.57 Å². The summed E-state index contributed by atoms with van der Waals surface area (Å²) in [4.78, 5) is 31.3. The second-order valence-corrected chi connectivity index (χ2v) is 8.22. The molecule has 1 fully saturated rings. The molecule has 142 valence electrons. The van der Waals surface area contributed by atoms with Gasteiger partial charge in [-0.2, -0.15) is 0 Å². The van der Waals surface area contributed by atoms with Gasteiger partial charge in [0.25, 0.3) is 5.56 Å². The van der Waals surface area contributed by atoms with Crippen molar-refractivity contribution in [2.45, 2.75) is 37.1 Å². The monoisotopic (exact) mass is 384 g/mol. The molecule has 2 aliphatic heterocycles. The minimum absolute atomic E-state index is 0.0606. The van der Waals surface area contributed by atoms with Gasteiger partial charge in [-0.25, -0.2) is 4.98 Å². The Morgan fingerprint density at radius 3 is 2.74 bits per heavy atom. The quantitative estimate of drug-likeness (QED) is 0.814. The maximum absolute atomic E-state index is 12.7. The van der Waals surface area contributed by atoms with Crippen molar-refractivity contribution in [3.8, 4) is 0 Å². The minimum Gasteiger partial charge on any atom is -0.353 e. The first-order chi connectivity index (χ1) is 13.2. The first kappa shape index (κ1) is 18.3. The van der Waals surface area contributed by atoms with E-state index in [1.807, 2.05) is 6.07 Å². The summed E-state index contributed by atoms with van der Waals surface area (Å²) in [5, 5.41) is 3.92. The van der Waals surface area contributed by atoms with Crippen LogP contribution in [0.4, 0.5) is 0 Å². The highest BCUT2D eigenvalue weighted by atomic mass is 32.2. The lowest BCUT2D eigenvalue weighted by atomic mass is 10.0. The van der Waals surface area contributed by atoms with Gasteiger partial charge in [0.1, 0.15) is 0 Å². The van der Waals surface area contributed by atoms with Crippen LogP contribution in [0.15, 0.2) is 52.5 Å². The van der Waals surface area contributed by atoms with Gasteiger partial charge < -0.3 is 5.32 Å². The van der Waals surface area contributed by atoms with E-state index in [4.69, 9.17) is 0 Å². The van der Waals surface area contributed by atoms with Crippen LogP contribution in [-0.4, -0.2) is 45.2 Å². The first-order valence-corrected chi connectivity index (χ1v) is 10.4. The largest absolute Gasteiger partial charge is 0.353 e. The molecule has 1 amide bonds. The fourth-order valence-electron chi connectivity index (χ4n) is 3.70. The van der Waals surface area contributed by atoms with Gasteiger partial charge in [0.05, 0.1) is 5.92 Å². The van der Waals surface area contributed by atoms with E-state index in [0.717, 1.165) is 32.5 Å². The average molecular weight is 385 g/mol. The smallest absolute Gasteiger partial charge is 0.254 e. The number of likely N-dealkylation sites (tertiary alicyclic amines) is 1. The van der Waals surface area contributed by atoms with E-state index in [-0.39, 0.29) is 23.4 Å². The highest BCUT2D eigenvalue weighted by Crippen LogP contribution is 2.25. The molecule has 2 aromatic rings. The fraction of sp³-hybridized carbons (Fsp3) is 0.450. The molecule has 2 aliphatic rings. The van der Waals surface area contributed by atoms with Crippen molar-refractivity contribution in [3.05, 3.63) is 58.5 Å². The lowest BCUT2D eigenvalue weighted by Crippen LogP contribution is -2.48. The Balaban J connectivity index is 1.27. The van der Waals surface area contributed by atoms with E-state index in [9.17, 15) is 9.59 Å². The SMILES string of the molecule is O=C(NC1CCN(Cc2ccccc2)CC1)[C@H]1CSc2nccc(=O)n2C1. The van der Waals surface area contributed by atoms with Crippen LogP contribution in [0.25, 0.3) is 0 Å². The van der Waals surface area contributed by atoms with Crippen LogP contribution in [0.2, 0.25) is 0 Å². The second kappa shape index (κ2) is 8.27. The van der Waals surface area contributed by atoms with Crippen molar-refractivity contribution in [1.29, 1.82) is 0 Å². The van der Waals surface area contributed by atoms with Gasteiger partial charge in [-0.15, -0.1) is 0 Å². The molecule has 27 heavy (non-hydrogen) atoms. The number of hydrogen-bond acceptors (Lipinski definition) is 5. The number of amides is 1. The van der Waals surface area contributed by atoms with E-state index in [1.165, 1.54) is 29.6 Å². The van der Waals surface area contributed by atoms with Crippen LogP contribution >= 0.6 is 11.8 Å². The molecular weight excluding hydrogens is 360 g/mol. The van der Waals surface area contributed by atoms with Gasteiger partial charge in [0, 0.05) is 50.2 Å². The summed E-state index contributed by atoms with van der Waals surface area (Å²) in [6.45, 7) is 3.37.